The molecule has 0 heterocycles. The van der Waals surface area contributed by atoms with Crippen molar-refractivity contribution in [2.75, 3.05) is 0 Å². The van der Waals surface area contributed by atoms with Gasteiger partial charge in [0, 0.05) is 0 Å². The minimum Gasteiger partial charge on any atom is -0.809 e. The maximum atomic E-state index is 9.94. The largest absolute Gasteiger partial charge is 0.809 e. The Labute approximate surface area is 53.7 Å². The lowest BCUT2D eigenvalue weighted by Gasteiger charge is -2.34. The van der Waals surface area contributed by atoms with E-state index in [9.17, 15) is 14.4 Å². The lowest BCUT2D eigenvalue weighted by molar-refractivity contribution is -0.322. The van der Waals surface area contributed by atoms with E-state index in [0.717, 1.165) is 0 Å². The molecule has 0 radical (unpaired) electrons. The minimum atomic E-state index is -4.72. The van der Waals surface area contributed by atoms with E-state index >= 15 is 0 Å². The van der Waals surface area contributed by atoms with Crippen LogP contribution >= 0.6 is 7.60 Å². The normalized spacial score (nSPS) is 15.6. The third-order valence-electron chi connectivity index (χ3n) is 0.912. The summed E-state index contributed by atoms with van der Waals surface area (Å²) in [5.41, 5.74) is 0. The summed E-state index contributed by atoms with van der Waals surface area (Å²) < 4.78 is 9.94. The van der Waals surface area contributed by atoms with E-state index in [2.05, 4.69) is 0 Å². The summed E-state index contributed by atoms with van der Waals surface area (Å²) in [6.45, 7) is 1.69. The summed E-state index contributed by atoms with van der Waals surface area (Å²) in [5.74, 6) is -1.69. The number of hydrogen-bond donors (Lipinski definition) is 1. The molecule has 0 saturated carbocycles. The highest BCUT2D eigenvalue weighted by Gasteiger charge is 2.04. The van der Waals surface area contributed by atoms with Gasteiger partial charge in [0.1, 0.15) is 0 Å². The van der Waals surface area contributed by atoms with Crippen LogP contribution in [0.4, 0.5) is 0 Å². The highest BCUT2D eigenvalue weighted by molar-refractivity contribution is 7.49. The van der Waals surface area contributed by atoms with Gasteiger partial charge in [0.05, 0.1) is 5.85 Å². The Balaban J connectivity index is 3.74. The van der Waals surface area contributed by atoms with Gasteiger partial charge in [-0.1, -0.05) is 13.3 Å². The first-order valence-electron chi connectivity index (χ1n) is 2.68. The molecule has 5 heteroatoms. The monoisotopic (exact) mass is 152 g/mol. The summed E-state index contributed by atoms with van der Waals surface area (Å²) in [6.07, 6.45) is 0.528. The molecule has 0 aliphatic carbocycles. The van der Waals surface area contributed by atoms with Crippen molar-refractivity contribution < 1.29 is 19.5 Å². The SMILES string of the molecule is CCCC(O)P(=O)([O-])[O-]. The molecule has 0 fully saturated rings. The van der Waals surface area contributed by atoms with Crippen molar-refractivity contribution in [3.63, 3.8) is 0 Å². The molecule has 0 aliphatic rings. The lowest BCUT2D eigenvalue weighted by atomic mass is 10.4. The van der Waals surface area contributed by atoms with Crippen LogP contribution in [0.1, 0.15) is 19.8 Å². The number of rotatable bonds is 3. The highest BCUT2D eigenvalue weighted by Crippen LogP contribution is 2.31. The molecule has 0 aromatic heterocycles. The van der Waals surface area contributed by atoms with Crippen LogP contribution < -0.4 is 9.79 Å². The number of aliphatic hydroxyl groups excluding tert-OH is 1. The maximum Gasteiger partial charge on any atom is 0.0807 e. The van der Waals surface area contributed by atoms with Gasteiger partial charge in [-0.15, -0.1) is 0 Å². The predicted molar refractivity (Wildman–Crippen MR) is 28.5 cm³/mol. The standard InChI is InChI=1S/C4H11O4P/c1-2-3-4(5)9(6,7)8/h4-5H,2-3H2,1H3,(H2,6,7,8)/p-2. The molecule has 0 aromatic rings. The topological polar surface area (TPSA) is 83.4 Å². The van der Waals surface area contributed by atoms with Crippen molar-refractivity contribution in [2.45, 2.75) is 25.6 Å². The van der Waals surface area contributed by atoms with E-state index in [1.807, 2.05) is 0 Å². The molecule has 0 bridgehead atoms. The second-order valence-electron chi connectivity index (χ2n) is 1.81. The van der Waals surface area contributed by atoms with Crippen LogP contribution in [0.25, 0.3) is 0 Å². The molecule has 9 heavy (non-hydrogen) atoms. The van der Waals surface area contributed by atoms with Crippen molar-refractivity contribution in [3.05, 3.63) is 0 Å². The van der Waals surface area contributed by atoms with E-state index in [0.29, 0.717) is 6.42 Å². The average molecular weight is 152 g/mol. The molecule has 0 rings (SSSR count). The smallest absolute Gasteiger partial charge is 0.0807 e. The zero-order valence-electron chi connectivity index (χ0n) is 5.11. The zero-order chi connectivity index (χ0) is 7.49. The highest BCUT2D eigenvalue weighted by atomic mass is 31.2. The van der Waals surface area contributed by atoms with E-state index < -0.39 is 13.4 Å². The Morgan fingerprint density at radius 2 is 2.11 bits per heavy atom. The average Bonchev–Trinajstić information content (AvgIpc) is 1.64. The molecular formula is C4H9O4P-2. The Morgan fingerprint density at radius 1 is 1.67 bits per heavy atom. The molecule has 0 aromatic carbocycles. The molecule has 0 saturated heterocycles. The van der Waals surface area contributed by atoms with Crippen LogP contribution in [-0.2, 0) is 4.57 Å². The van der Waals surface area contributed by atoms with Crippen molar-refractivity contribution in [3.8, 4) is 0 Å². The summed E-state index contributed by atoms with van der Waals surface area (Å²) in [5, 5.41) is 8.50. The summed E-state index contributed by atoms with van der Waals surface area (Å²) >= 11 is 0. The third kappa shape index (κ3) is 3.65. The summed E-state index contributed by atoms with van der Waals surface area (Å²) in [7, 11) is -4.72. The molecule has 0 amide bonds. The van der Waals surface area contributed by atoms with Gasteiger partial charge in [0.25, 0.3) is 0 Å². The minimum absolute atomic E-state index is 0.0320. The molecule has 1 atom stereocenters. The van der Waals surface area contributed by atoms with Crippen LogP contribution in [0.15, 0.2) is 0 Å². The van der Waals surface area contributed by atoms with E-state index in [4.69, 9.17) is 5.11 Å². The zero-order valence-corrected chi connectivity index (χ0v) is 6.01. The van der Waals surface area contributed by atoms with Crippen molar-refractivity contribution in [2.24, 2.45) is 0 Å². The van der Waals surface area contributed by atoms with Crippen LogP contribution in [0.3, 0.4) is 0 Å². The molecule has 1 unspecified atom stereocenters. The number of hydrogen-bond acceptors (Lipinski definition) is 4. The van der Waals surface area contributed by atoms with Gasteiger partial charge in [0.15, 0.2) is 0 Å². The Bertz CT molecular complexity index is 118. The van der Waals surface area contributed by atoms with Gasteiger partial charge in [-0.3, -0.25) is 0 Å². The molecule has 4 nitrogen and oxygen atoms in total. The lowest BCUT2D eigenvalue weighted by Crippen LogP contribution is -2.25. The quantitative estimate of drug-likeness (QED) is 0.526. The van der Waals surface area contributed by atoms with Gasteiger partial charge in [-0.2, -0.15) is 0 Å². The molecule has 0 aliphatic heterocycles. The van der Waals surface area contributed by atoms with Gasteiger partial charge in [-0.25, -0.2) is 0 Å². The maximum absolute atomic E-state index is 9.94. The second-order valence-corrected chi connectivity index (χ2v) is 3.48. The van der Waals surface area contributed by atoms with Crippen LogP contribution in [0, 0.1) is 0 Å². The van der Waals surface area contributed by atoms with Gasteiger partial charge < -0.3 is 19.5 Å². The van der Waals surface area contributed by atoms with Gasteiger partial charge in [0.2, 0.25) is 0 Å². The number of aliphatic hydroxyl groups is 1. The van der Waals surface area contributed by atoms with Crippen molar-refractivity contribution >= 4 is 7.60 Å². The fraction of sp³-hybridized carbons (Fsp3) is 1.00. The van der Waals surface area contributed by atoms with Crippen LogP contribution in [0.5, 0.6) is 0 Å². The van der Waals surface area contributed by atoms with E-state index in [-0.39, 0.29) is 6.42 Å². The molecule has 1 N–H and O–H groups in total. The third-order valence-corrected chi connectivity index (χ3v) is 1.90. The first-order valence-corrected chi connectivity index (χ1v) is 4.29. The fourth-order valence-electron chi connectivity index (χ4n) is 0.416. The molecule has 56 valence electrons. The van der Waals surface area contributed by atoms with Crippen molar-refractivity contribution in [1.82, 2.24) is 0 Å². The predicted octanol–water partition coefficient (Wildman–Crippen LogP) is -0.981. The Kier molecular flexibility index (Phi) is 3.36. The van der Waals surface area contributed by atoms with Crippen molar-refractivity contribution in [1.29, 1.82) is 0 Å². The first-order chi connectivity index (χ1) is 3.98. The Hall–Kier alpha value is 0.110. The Morgan fingerprint density at radius 3 is 2.22 bits per heavy atom. The van der Waals surface area contributed by atoms with E-state index in [1.54, 1.807) is 6.92 Å². The van der Waals surface area contributed by atoms with Gasteiger partial charge >= 0.3 is 0 Å². The second kappa shape index (κ2) is 3.32. The van der Waals surface area contributed by atoms with Crippen LogP contribution in [0.2, 0.25) is 0 Å². The summed E-state index contributed by atoms with van der Waals surface area (Å²) in [6, 6.07) is 0. The van der Waals surface area contributed by atoms with E-state index in [1.165, 1.54) is 0 Å². The first kappa shape index (κ1) is 9.11. The molecule has 0 spiro atoms. The summed E-state index contributed by atoms with van der Waals surface area (Å²) in [4.78, 5) is 19.9. The van der Waals surface area contributed by atoms with Crippen LogP contribution in [-0.4, -0.2) is 11.0 Å². The fourth-order valence-corrected chi connectivity index (χ4v) is 0.991. The molecular weight excluding hydrogens is 143 g/mol. The van der Waals surface area contributed by atoms with Gasteiger partial charge in [-0.05, 0) is 14.0 Å².